The lowest BCUT2D eigenvalue weighted by molar-refractivity contribution is 0.100. The predicted molar refractivity (Wildman–Crippen MR) is 107 cm³/mol. The number of halogens is 1. The highest BCUT2D eigenvalue weighted by molar-refractivity contribution is 5.97. The molecule has 8 heteroatoms. The lowest BCUT2D eigenvalue weighted by Gasteiger charge is -2.32. The Kier molecular flexibility index (Phi) is 4.86. The number of likely N-dealkylation sites (tertiary alicyclic amines) is 1. The molecule has 0 unspecified atom stereocenters. The second kappa shape index (κ2) is 7.35. The number of amides is 3. The number of carbonyl (C=O) groups excluding carboxylic acids is 2. The summed E-state index contributed by atoms with van der Waals surface area (Å²) >= 11 is 0. The minimum Gasteiger partial charge on any atom is -0.365 e. The van der Waals surface area contributed by atoms with Crippen LogP contribution in [0.15, 0.2) is 42.6 Å². The maximum atomic E-state index is 13.9. The summed E-state index contributed by atoms with van der Waals surface area (Å²) in [5, 5.41) is 0. The number of rotatable bonds is 3. The standard InChI is InChI=1S/C21H24FN5O2/c1-25(2)21(29)27-11-14-10-26(20-16(19(23)28)7-4-8-24-20)12-17(14)18(27)13-5-3-6-15(22)9-13/h3-9,14,17-18H,10-12H2,1-2H3,(H2,23,28)/t14-,17-,18-/m1/s1. The highest BCUT2D eigenvalue weighted by Gasteiger charge is 2.50. The molecule has 0 radical (unpaired) electrons. The fourth-order valence-corrected chi connectivity index (χ4v) is 4.63. The lowest BCUT2D eigenvalue weighted by Crippen LogP contribution is -2.41. The number of urea groups is 1. The van der Waals surface area contributed by atoms with Gasteiger partial charge in [0.1, 0.15) is 11.6 Å². The number of nitrogens with two attached hydrogens (primary N) is 1. The molecule has 2 saturated heterocycles. The van der Waals surface area contributed by atoms with E-state index in [-0.39, 0.29) is 29.7 Å². The van der Waals surface area contributed by atoms with E-state index in [4.69, 9.17) is 5.73 Å². The molecule has 2 N–H and O–H groups in total. The number of primary amides is 1. The summed E-state index contributed by atoms with van der Waals surface area (Å²) in [6, 6.07) is 9.48. The van der Waals surface area contributed by atoms with Crippen molar-refractivity contribution in [2.45, 2.75) is 6.04 Å². The van der Waals surface area contributed by atoms with Crippen molar-refractivity contribution in [3.8, 4) is 0 Å². The summed E-state index contributed by atoms with van der Waals surface area (Å²) in [6.07, 6.45) is 1.64. The number of fused-ring (bicyclic) bond motifs is 1. The molecule has 152 valence electrons. The normalized spacial score (nSPS) is 23.2. The number of carbonyl (C=O) groups is 2. The summed E-state index contributed by atoms with van der Waals surface area (Å²) in [6.45, 7) is 1.84. The number of hydrogen-bond donors (Lipinski definition) is 1. The van der Waals surface area contributed by atoms with Crippen molar-refractivity contribution in [3.63, 3.8) is 0 Å². The molecule has 7 nitrogen and oxygen atoms in total. The van der Waals surface area contributed by atoms with Crippen molar-refractivity contribution in [1.29, 1.82) is 0 Å². The summed E-state index contributed by atoms with van der Waals surface area (Å²) in [5.74, 6) is 0.0197. The number of aromatic nitrogens is 1. The number of pyridine rings is 1. The van der Waals surface area contributed by atoms with Gasteiger partial charge in [-0.25, -0.2) is 14.2 Å². The molecule has 1 aromatic heterocycles. The van der Waals surface area contributed by atoms with Crippen LogP contribution in [0.1, 0.15) is 22.0 Å². The smallest absolute Gasteiger partial charge is 0.320 e. The van der Waals surface area contributed by atoms with Crippen LogP contribution in [0.2, 0.25) is 0 Å². The summed E-state index contributed by atoms with van der Waals surface area (Å²) < 4.78 is 13.9. The van der Waals surface area contributed by atoms with E-state index in [0.717, 1.165) is 5.56 Å². The van der Waals surface area contributed by atoms with Gasteiger partial charge >= 0.3 is 6.03 Å². The van der Waals surface area contributed by atoms with Crippen molar-refractivity contribution >= 4 is 17.8 Å². The van der Waals surface area contributed by atoms with Gasteiger partial charge in [0.2, 0.25) is 0 Å². The Bertz CT molecular complexity index is 950. The second-order valence-electron chi connectivity index (χ2n) is 7.90. The molecule has 2 aliphatic heterocycles. The van der Waals surface area contributed by atoms with Gasteiger partial charge in [0.25, 0.3) is 5.91 Å². The van der Waals surface area contributed by atoms with Gasteiger partial charge < -0.3 is 20.4 Å². The van der Waals surface area contributed by atoms with Crippen LogP contribution in [0.5, 0.6) is 0 Å². The Morgan fingerprint density at radius 1 is 1.17 bits per heavy atom. The van der Waals surface area contributed by atoms with Crippen LogP contribution in [0.3, 0.4) is 0 Å². The Balaban J connectivity index is 1.68. The second-order valence-corrected chi connectivity index (χ2v) is 7.90. The Hall–Kier alpha value is -3.16. The highest BCUT2D eigenvalue weighted by Crippen LogP contribution is 2.46. The highest BCUT2D eigenvalue weighted by atomic mass is 19.1. The van der Waals surface area contributed by atoms with Crippen LogP contribution in [0.4, 0.5) is 15.0 Å². The number of hydrogen-bond acceptors (Lipinski definition) is 4. The average molecular weight is 397 g/mol. The van der Waals surface area contributed by atoms with E-state index in [2.05, 4.69) is 9.88 Å². The molecule has 0 aliphatic carbocycles. The van der Waals surface area contributed by atoms with Crippen molar-refractivity contribution in [2.75, 3.05) is 38.6 Å². The zero-order valence-electron chi connectivity index (χ0n) is 16.5. The molecule has 29 heavy (non-hydrogen) atoms. The molecule has 0 spiro atoms. The summed E-state index contributed by atoms with van der Waals surface area (Å²) in [7, 11) is 3.44. The third kappa shape index (κ3) is 3.39. The van der Waals surface area contributed by atoms with E-state index in [9.17, 15) is 14.0 Å². The van der Waals surface area contributed by atoms with Gasteiger partial charge in [-0.15, -0.1) is 0 Å². The quantitative estimate of drug-likeness (QED) is 0.860. The van der Waals surface area contributed by atoms with E-state index in [0.29, 0.717) is 31.0 Å². The molecule has 2 aliphatic rings. The molecule has 2 aromatic rings. The number of nitrogens with zero attached hydrogens (tertiary/aromatic N) is 4. The van der Waals surface area contributed by atoms with Crippen molar-refractivity contribution < 1.29 is 14.0 Å². The zero-order valence-corrected chi connectivity index (χ0v) is 16.5. The Morgan fingerprint density at radius 2 is 1.97 bits per heavy atom. The van der Waals surface area contributed by atoms with Gasteiger partial charge in [0.15, 0.2) is 0 Å². The maximum Gasteiger partial charge on any atom is 0.320 e. The Morgan fingerprint density at radius 3 is 2.66 bits per heavy atom. The molecule has 4 rings (SSSR count). The van der Waals surface area contributed by atoms with Crippen LogP contribution in [0, 0.1) is 17.7 Å². The third-order valence-electron chi connectivity index (χ3n) is 5.83. The van der Waals surface area contributed by atoms with E-state index in [1.807, 2.05) is 11.0 Å². The molecular weight excluding hydrogens is 373 g/mol. The van der Waals surface area contributed by atoms with Crippen LogP contribution >= 0.6 is 0 Å². The first-order chi connectivity index (χ1) is 13.9. The fraction of sp³-hybridized carbons (Fsp3) is 0.381. The van der Waals surface area contributed by atoms with E-state index in [1.165, 1.54) is 12.1 Å². The average Bonchev–Trinajstić information content (AvgIpc) is 3.25. The minimum absolute atomic E-state index is 0.0872. The SMILES string of the molecule is CN(C)C(=O)N1C[C@H]2CN(c3ncccc3C(N)=O)C[C@H]2[C@H]1c1cccc(F)c1. The lowest BCUT2D eigenvalue weighted by atomic mass is 9.89. The van der Waals surface area contributed by atoms with Gasteiger partial charge in [-0.05, 0) is 29.8 Å². The summed E-state index contributed by atoms with van der Waals surface area (Å²) in [4.78, 5) is 34.4. The van der Waals surface area contributed by atoms with Crippen molar-refractivity contribution in [3.05, 3.63) is 59.5 Å². The first-order valence-corrected chi connectivity index (χ1v) is 9.60. The van der Waals surface area contributed by atoms with Gasteiger partial charge in [0.05, 0.1) is 11.6 Å². The van der Waals surface area contributed by atoms with Crippen LogP contribution in [-0.2, 0) is 0 Å². The molecular formula is C21H24FN5O2. The predicted octanol–water partition coefficient (Wildman–Crippen LogP) is 2.11. The third-order valence-corrected chi connectivity index (χ3v) is 5.83. The first-order valence-electron chi connectivity index (χ1n) is 9.60. The largest absolute Gasteiger partial charge is 0.365 e. The fourth-order valence-electron chi connectivity index (χ4n) is 4.63. The van der Waals surface area contributed by atoms with Gasteiger partial charge in [0, 0.05) is 51.8 Å². The van der Waals surface area contributed by atoms with E-state index >= 15 is 0 Å². The topological polar surface area (TPSA) is 82.8 Å². The molecule has 3 heterocycles. The maximum absolute atomic E-state index is 13.9. The number of anilines is 1. The molecule has 0 saturated carbocycles. The Labute approximate surface area is 168 Å². The van der Waals surface area contributed by atoms with Gasteiger partial charge in [-0.3, -0.25) is 4.79 Å². The summed E-state index contributed by atoms with van der Waals surface area (Å²) in [5.41, 5.74) is 6.69. The monoisotopic (exact) mass is 397 g/mol. The molecule has 3 amide bonds. The molecule has 2 fully saturated rings. The minimum atomic E-state index is -0.517. The number of benzene rings is 1. The van der Waals surface area contributed by atoms with Crippen LogP contribution in [0.25, 0.3) is 0 Å². The van der Waals surface area contributed by atoms with Crippen LogP contribution < -0.4 is 10.6 Å². The van der Waals surface area contributed by atoms with E-state index in [1.54, 1.807) is 43.4 Å². The molecule has 0 bridgehead atoms. The van der Waals surface area contributed by atoms with Crippen molar-refractivity contribution in [2.24, 2.45) is 17.6 Å². The van der Waals surface area contributed by atoms with Crippen molar-refractivity contribution in [1.82, 2.24) is 14.8 Å². The zero-order chi connectivity index (χ0) is 20.7. The molecule has 1 aromatic carbocycles. The van der Waals surface area contributed by atoms with Gasteiger partial charge in [-0.2, -0.15) is 0 Å². The van der Waals surface area contributed by atoms with E-state index < -0.39 is 5.91 Å². The first kappa shape index (κ1) is 19.2. The molecule has 3 atom stereocenters. The van der Waals surface area contributed by atoms with Crippen LogP contribution in [-0.4, -0.2) is 60.5 Å². The van der Waals surface area contributed by atoms with Gasteiger partial charge in [-0.1, -0.05) is 12.1 Å².